The Morgan fingerprint density at radius 3 is 1.15 bits per heavy atom. The number of hydrogen-bond donors (Lipinski definition) is 0. The summed E-state index contributed by atoms with van der Waals surface area (Å²) in [6.45, 7) is 12.9. The Bertz CT molecular complexity index is 1830. The molecule has 0 unspecified atom stereocenters. The number of aromatic nitrogens is 4. The number of ketones is 2. The minimum Gasteiger partial charge on any atom is -0.277 e. The monoisotopic (exact) mass is 530 g/mol. The molecule has 0 atom stereocenters. The molecule has 0 saturated heterocycles. The van der Waals surface area contributed by atoms with Crippen LogP contribution >= 0.6 is 0 Å². The summed E-state index contributed by atoms with van der Waals surface area (Å²) in [5.74, 6) is -1.09. The smallest absolute Gasteiger partial charge is 0.277 e. The van der Waals surface area contributed by atoms with E-state index in [0.717, 1.165) is 22.2 Å². The molecule has 0 amide bonds. The number of carbonyl (C=O) groups is 2. The summed E-state index contributed by atoms with van der Waals surface area (Å²) in [5.41, 5.74) is 4.72. The van der Waals surface area contributed by atoms with Crippen LogP contribution in [0.4, 0.5) is 0 Å². The second-order valence-corrected chi connectivity index (χ2v) is 12.5. The summed E-state index contributed by atoms with van der Waals surface area (Å²) < 4.78 is 7.62. The average molecular weight is 531 g/mol. The van der Waals surface area contributed by atoms with Crippen LogP contribution in [0.2, 0.25) is 0 Å². The van der Waals surface area contributed by atoms with Gasteiger partial charge in [0, 0.05) is 48.5 Å². The Morgan fingerprint density at radius 1 is 0.475 bits per heavy atom. The maximum absolute atomic E-state index is 14.1. The van der Waals surface area contributed by atoms with Crippen LogP contribution in [0, 0.1) is 0 Å². The van der Waals surface area contributed by atoms with Crippen molar-refractivity contribution >= 4 is 34.0 Å². The molecule has 6 heteroatoms. The Morgan fingerprint density at radius 2 is 0.825 bits per heavy atom. The molecule has 5 aromatic heterocycles. The van der Waals surface area contributed by atoms with Gasteiger partial charge in [-0.2, -0.15) is 9.13 Å². The SMILES string of the molecule is CC(C)(C)c1cc[n+](C2=c3c([n+]4ccccc4c4cccc[n+]34)=C([n+]3ccc(C(C)(C)C)cc3)C(=O)C2=O)cc1. The number of hydrogen-bond acceptors (Lipinski definition) is 2. The van der Waals surface area contributed by atoms with Crippen LogP contribution in [0.15, 0.2) is 97.8 Å². The van der Waals surface area contributed by atoms with Crippen molar-refractivity contribution < 1.29 is 27.5 Å². The molecule has 0 radical (unpaired) electrons. The van der Waals surface area contributed by atoms with E-state index >= 15 is 0 Å². The molecule has 1 aliphatic carbocycles. The Hall–Kier alpha value is -4.58. The summed E-state index contributed by atoms with van der Waals surface area (Å²) in [4.78, 5) is 28.2. The van der Waals surface area contributed by atoms with E-state index in [0.29, 0.717) is 22.1 Å². The van der Waals surface area contributed by atoms with Gasteiger partial charge in [-0.3, -0.25) is 9.59 Å². The minimum atomic E-state index is -0.544. The fourth-order valence-corrected chi connectivity index (χ4v) is 5.43. The van der Waals surface area contributed by atoms with Crippen molar-refractivity contribution in [2.45, 2.75) is 52.4 Å². The molecule has 0 aromatic carbocycles. The Kier molecular flexibility index (Phi) is 5.77. The molecule has 0 fully saturated rings. The maximum atomic E-state index is 14.1. The second kappa shape index (κ2) is 8.98. The highest BCUT2D eigenvalue weighted by Gasteiger charge is 2.48. The topological polar surface area (TPSA) is 50.1 Å². The van der Waals surface area contributed by atoms with Crippen molar-refractivity contribution in [1.82, 2.24) is 0 Å². The van der Waals surface area contributed by atoms with Crippen molar-refractivity contribution in [2.24, 2.45) is 0 Å². The zero-order chi connectivity index (χ0) is 28.4. The number of rotatable bonds is 2. The van der Waals surface area contributed by atoms with Gasteiger partial charge in [0.15, 0.2) is 37.2 Å². The lowest BCUT2D eigenvalue weighted by Crippen LogP contribution is -2.71. The lowest BCUT2D eigenvalue weighted by Gasteiger charge is -2.17. The van der Waals surface area contributed by atoms with Crippen molar-refractivity contribution in [3.8, 4) is 0 Å². The normalized spacial score (nSPS) is 14.2. The van der Waals surface area contributed by atoms with Crippen LogP contribution in [0.3, 0.4) is 0 Å². The fraction of sp³-hybridized carbons (Fsp3) is 0.235. The lowest BCUT2D eigenvalue weighted by molar-refractivity contribution is -0.620. The highest BCUT2D eigenvalue weighted by molar-refractivity contribution is 6.60. The molecule has 6 rings (SSSR count). The molecule has 0 spiro atoms. The van der Waals surface area contributed by atoms with E-state index in [1.165, 1.54) is 0 Å². The van der Waals surface area contributed by atoms with Crippen molar-refractivity contribution in [3.05, 3.63) is 120 Å². The van der Waals surface area contributed by atoms with Gasteiger partial charge in [-0.05, 0) is 34.1 Å². The molecular formula is C34H34N4O2+4. The molecular weight excluding hydrogens is 496 g/mol. The number of nitrogens with zero attached hydrogens (tertiary/aromatic N) is 4. The molecule has 1 aliphatic rings. The van der Waals surface area contributed by atoms with Gasteiger partial charge in [-0.15, -0.1) is 8.80 Å². The van der Waals surface area contributed by atoms with E-state index in [9.17, 15) is 9.59 Å². The number of Topliss-reactive ketones (excluding diaryl/α,β-unsaturated/α-hetero) is 2. The van der Waals surface area contributed by atoms with Crippen LogP contribution in [-0.4, -0.2) is 11.6 Å². The Labute approximate surface area is 233 Å². The van der Waals surface area contributed by atoms with E-state index in [1.807, 2.05) is 107 Å². The predicted molar refractivity (Wildman–Crippen MR) is 150 cm³/mol. The second-order valence-electron chi connectivity index (χ2n) is 12.5. The van der Waals surface area contributed by atoms with E-state index in [2.05, 4.69) is 41.5 Å². The van der Waals surface area contributed by atoms with Crippen molar-refractivity contribution in [2.75, 3.05) is 0 Å². The first-order valence-electron chi connectivity index (χ1n) is 13.6. The highest BCUT2D eigenvalue weighted by atomic mass is 16.2. The summed E-state index contributed by atoms with van der Waals surface area (Å²) in [6.07, 6.45) is 11.5. The third-order valence-corrected chi connectivity index (χ3v) is 7.68. The third-order valence-electron chi connectivity index (χ3n) is 7.68. The first kappa shape index (κ1) is 25.7. The zero-order valence-electron chi connectivity index (χ0n) is 23.8. The van der Waals surface area contributed by atoms with Crippen LogP contribution < -0.4 is 28.6 Å². The molecule has 0 N–H and O–H groups in total. The van der Waals surface area contributed by atoms with Crippen molar-refractivity contribution in [3.63, 3.8) is 0 Å². The molecule has 0 bridgehead atoms. The van der Waals surface area contributed by atoms with Crippen LogP contribution in [0.1, 0.15) is 52.7 Å². The standard InChI is InChI=1S/C34H34N4O2/c1-33(2,3)23-13-19-35(20-14-23)29-27-28(38-18-10-8-12-26(38)25-11-7-9-17-37(25)27)30(32(40)31(29)39)36-21-15-24(16-22-36)34(4,5)6/h7-22H,1-6H3/q+4. The largest absolute Gasteiger partial charge is 0.368 e. The predicted octanol–water partition coefficient (Wildman–Crippen LogP) is 1.80. The summed E-state index contributed by atoms with van der Waals surface area (Å²) in [5, 5.41) is 1.33. The lowest BCUT2D eigenvalue weighted by atomic mass is 9.88. The van der Waals surface area contributed by atoms with E-state index in [-0.39, 0.29) is 10.8 Å². The van der Waals surface area contributed by atoms with E-state index in [1.54, 1.807) is 9.13 Å². The van der Waals surface area contributed by atoms with Gasteiger partial charge in [-0.1, -0.05) is 41.5 Å². The van der Waals surface area contributed by atoms with Gasteiger partial charge in [-0.25, -0.2) is 0 Å². The van der Waals surface area contributed by atoms with Crippen molar-refractivity contribution in [1.29, 1.82) is 0 Å². The zero-order valence-corrected chi connectivity index (χ0v) is 23.8. The van der Waals surface area contributed by atoms with Crippen LogP contribution in [0.5, 0.6) is 0 Å². The van der Waals surface area contributed by atoms with Gasteiger partial charge >= 0.3 is 33.7 Å². The number of carbonyl (C=O) groups excluding carboxylic acids is 2. The van der Waals surface area contributed by atoms with Gasteiger partial charge in [0.2, 0.25) is 0 Å². The van der Waals surface area contributed by atoms with Crippen LogP contribution in [0.25, 0.3) is 22.4 Å². The molecule has 198 valence electrons. The molecule has 5 heterocycles. The number of fused-ring (bicyclic) bond motifs is 6. The van der Waals surface area contributed by atoms with E-state index in [4.69, 9.17) is 0 Å². The summed E-state index contributed by atoms with van der Waals surface area (Å²) in [7, 11) is 0. The van der Waals surface area contributed by atoms with Gasteiger partial charge in [0.1, 0.15) is 0 Å². The fourth-order valence-electron chi connectivity index (χ4n) is 5.43. The molecule has 0 aliphatic heterocycles. The van der Waals surface area contributed by atoms with Crippen LogP contribution in [-0.2, 0) is 20.4 Å². The van der Waals surface area contributed by atoms with Gasteiger partial charge < -0.3 is 0 Å². The average Bonchev–Trinajstić information content (AvgIpc) is 2.93. The quantitative estimate of drug-likeness (QED) is 0.199. The molecule has 0 saturated carbocycles. The van der Waals surface area contributed by atoms with Gasteiger partial charge in [0.25, 0.3) is 11.0 Å². The molecule has 5 aromatic rings. The summed E-state index contributed by atoms with van der Waals surface area (Å²) in [6, 6.07) is 20.0. The first-order chi connectivity index (χ1) is 19.0. The summed E-state index contributed by atoms with van der Waals surface area (Å²) >= 11 is 0. The highest BCUT2D eigenvalue weighted by Crippen LogP contribution is 2.21. The minimum absolute atomic E-state index is 0.0433. The first-order valence-corrected chi connectivity index (χ1v) is 13.6. The van der Waals surface area contributed by atoms with E-state index < -0.39 is 11.6 Å². The maximum Gasteiger partial charge on any atom is 0.368 e. The third kappa shape index (κ3) is 4.02. The molecule has 6 nitrogen and oxygen atoms in total. The van der Waals surface area contributed by atoms with Gasteiger partial charge in [0.05, 0.1) is 0 Å². The Balaban J connectivity index is 1.84. The number of pyridine rings is 4. The molecule has 40 heavy (non-hydrogen) atoms.